The summed E-state index contributed by atoms with van der Waals surface area (Å²) in [5.74, 6) is -0.815. The standard InChI is InChI=1S/C12H12N2O4/c1-7(15)2-5-11(16)13-8-3-4-9-10(6-8)18-12(17)14-9/h3-4,6H,2,5H2,1H3,(H,13,16)(H,14,17). The zero-order valence-electron chi connectivity index (χ0n) is 9.78. The zero-order valence-corrected chi connectivity index (χ0v) is 9.78. The molecular weight excluding hydrogens is 236 g/mol. The van der Waals surface area contributed by atoms with Gasteiger partial charge in [-0.2, -0.15) is 0 Å². The Morgan fingerprint density at radius 1 is 1.33 bits per heavy atom. The highest BCUT2D eigenvalue weighted by molar-refractivity contribution is 5.94. The summed E-state index contributed by atoms with van der Waals surface area (Å²) in [5.41, 5.74) is 1.48. The summed E-state index contributed by atoms with van der Waals surface area (Å²) < 4.78 is 4.87. The SMILES string of the molecule is CC(=O)CCC(=O)Nc1ccc2[nH]c(=O)oc2c1. The molecule has 18 heavy (non-hydrogen) atoms. The first-order valence-corrected chi connectivity index (χ1v) is 5.47. The molecule has 0 aliphatic heterocycles. The number of benzene rings is 1. The fourth-order valence-electron chi connectivity index (χ4n) is 1.54. The van der Waals surface area contributed by atoms with Crippen LogP contribution in [-0.4, -0.2) is 16.7 Å². The number of carbonyl (C=O) groups is 2. The van der Waals surface area contributed by atoms with Crippen molar-refractivity contribution in [3.63, 3.8) is 0 Å². The summed E-state index contributed by atoms with van der Waals surface area (Å²) in [5, 5.41) is 2.63. The molecule has 6 heteroatoms. The average molecular weight is 248 g/mol. The third kappa shape index (κ3) is 2.85. The smallest absolute Gasteiger partial charge is 0.408 e. The van der Waals surface area contributed by atoms with Crippen molar-refractivity contribution in [3.05, 3.63) is 28.7 Å². The molecule has 1 aromatic carbocycles. The highest BCUT2D eigenvalue weighted by atomic mass is 16.4. The van der Waals surface area contributed by atoms with Crippen molar-refractivity contribution in [1.29, 1.82) is 0 Å². The summed E-state index contributed by atoms with van der Waals surface area (Å²) in [4.78, 5) is 35.7. The minimum absolute atomic E-state index is 0.0303. The van der Waals surface area contributed by atoms with Crippen LogP contribution in [0.3, 0.4) is 0 Å². The quantitative estimate of drug-likeness (QED) is 0.856. The van der Waals surface area contributed by atoms with Gasteiger partial charge in [0.05, 0.1) is 5.52 Å². The monoisotopic (exact) mass is 248 g/mol. The van der Waals surface area contributed by atoms with Crippen molar-refractivity contribution in [2.75, 3.05) is 5.32 Å². The highest BCUT2D eigenvalue weighted by Crippen LogP contribution is 2.16. The molecule has 0 aliphatic rings. The van der Waals surface area contributed by atoms with Gasteiger partial charge < -0.3 is 14.5 Å². The first-order valence-electron chi connectivity index (χ1n) is 5.47. The van der Waals surface area contributed by atoms with Gasteiger partial charge in [0.2, 0.25) is 5.91 Å². The summed E-state index contributed by atoms with van der Waals surface area (Å²) in [6.07, 6.45) is 0.359. The number of anilines is 1. The zero-order chi connectivity index (χ0) is 13.1. The second-order valence-electron chi connectivity index (χ2n) is 3.98. The van der Waals surface area contributed by atoms with E-state index in [2.05, 4.69) is 10.3 Å². The molecular formula is C12H12N2O4. The van der Waals surface area contributed by atoms with Crippen LogP contribution >= 0.6 is 0 Å². The maximum Gasteiger partial charge on any atom is 0.417 e. The van der Waals surface area contributed by atoms with E-state index in [9.17, 15) is 14.4 Å². The number of nitrogens with one attached hydrogen (secondary N) is 2. The first-order chi connectivity index (χ1) is 8.54. The lowest BCUT2D eigenvalue weighted by Crippen LogP contribution is -2.12. The van der Waals surface area contributed by atoms with Crippen molar-refractivity contribution in [3.8, 4) is 0 Å². The van der Waals surface area contributed by atoms with Crippen LogP contribution in [0.5, 0.6) is 0 Å². The summed E-state index contributed by atoms with van der Waals surface area (Å²) >= 11 is 0. The molecule has 6 nitrogen and oxygen atoms in total. The normalized spacial score (nSPS) is 10.5. The molecule has 2 aromatic rings. The second kappa shape index (κ2) is 4.87. The molecule has 0 aliphatic carbocycles. The molecule has 1 amide bonds. The van der Waals surface area contributed by atoms with Crippen LogP contribution in [0.25, 0.3) is 11.1 Å². The number of amides is 1. The van der Waals surface area contributed by atoms with Crippen LogP contribution in [-0.2, 0) is 9.59 Å². The Balaban J connectivity index is 2.09. The van der Waals surface area contributed by atoms with Gasteiger partial charge in [-0.25, -0.2) is 4.79 Å². The van der Waals surface area contributed by atoms with Crippen LogP contribution in [0, 0.1) is 0 Å². The van der Waals surface area contributed by atoms with Crippen LogP contribution in [0.1, 0.15) is 19.8 Å². The molecule has 0 radical (unpaired) electrons. The fourth-order valence-corrected chi connectivity index (χ4v) is 1.54. The van der Waals surface area contributed by atoms with E-state index >= 15 is 0 Å². The summed E-state index contributed by atoms with van der Waals surface area (Å²) in [7, 11) is 0. The molecule has 1 aromatic heterocycles. The number of oxazole rings is 1. The average Bonchev–Trinajstić information content (AvgIpc) is 2.66. The number of ketones is 1. The molecule has 0 fully saturated rings. The van der Waals surface area contributed by atoms with Gasteiger partial charge >= 0.3 is 5.76 Å². The molecule has 0 saturated carbocycles. The van der Waals surface area contributed by atoms with E-state index in [1.54, 1.807) is 18.2 Å². The van der Waals surface area contributed by atoms with Gasteiger partial charge in [-0.15, -0.1) is 0 Å². The van der Waals surface area contributed by atoms with Gasteiger partial charge in [-0.05, 0) is 19.1 Å². The molecule has 94 valence electrons. The van der Waals surface area contributed by atoms with Gasteiger partial charge in [0.25, 0.3) is 0 Å². The van der Waals surface area contributed by atoms with E-state index in [0.29, 0.717) is 16.8 Å². The van der Waals surface area contributed by atoms with E-state index in [1.807, 2.05) is 0 Å². The van der Waals surface area contributed by atoms with Crippen LogP contribution in [0.2, 0.25) is 0 Å². The predicted octanol–water partition coefficient (Wildman–Crippen LogP) is 1.43. The van der Waals surface area contributed by atoms with Crippen LogP contribution in [0.15, 0.2) is 27.4 Å². The lowest BCUT2D eigenvalue weighted by atomic mass is 10.2. The summed E-state index contributed by atoms with van der Waals surface area (Å²) in [6, 6.07) is 4.85. The number of fused-ring (bicyclic) bond motifs is 1. The minimum atomic E-state index is -0.537. The van der Waals surface area contributed by atoms with Crippen LogP contribution < -0.4 is 11.1 Å². The number of hydrogen-bond acceptors (Lipinski definition) is 4. The van der Waals surface area contributed by atoms with Gasteiger partial charge in [0.15, 0.2) is 5.58 Å². The largest absolute Gasteiger partial charge is 0.417 e. The van der Waals surface area contributed by atoms with E-state index in [-0.39, 0.29) is 24.5 Å². The van der Waals surface area contributed by atoms with Gasteiger partial charge in [0, 0.05) is 24.6 Å². The van der Waals surface area contributed by atoms with Crippen molar-refractivity contribution in [2.45, 2.75) is 19.8 Å². The third-order valence-corrected chi connectivity index (χ3v) is 2.41. The maximum absolute atomic E-state index is 11.5. The molecule has 2 N–H and O–H groups in total. The first kappa shape index (κ1) is 12.1. The minimum Gasteiger partial charge on any atom is -0.408 e. The Bertz CT molecular complexity index is 653. The highest BCUT2D eigenvalue weighted by Gasteiger charge is 2.06. The molecule has 1 heterocycles. The van der Waals surface area contributed by atoms with Crippen molar-refractivity contribution >= 4 is 28.5 Å². The van der Waals surface area contributed by atoms with E-state index in [1.165, 1.54) is 6.92 Å². The fraction of sp³-hybridized carbons (Fsp3) is 0.250. The lowest BCUT2D eigenvalue weighted by Gasteiger charge is -2.03. The Hall–Kier alpha value is -2.37. The molecule has 0 bridgehead atoms. The number of H-pyrrole nitrogens is 1. The summed E-state index contributed by atoms with van der Waals surface area (Å²) in [6.45, 7) is 1.44. The number of carbonyl (C=O) groups excluding carboxylic acids is 2. The number of hydrogen-bond donors (Lipinski definition) is 2. The Kier molecular flexibility index (Phi) is 3.27. The molecule has 0 unspecified atom stereocenters. The molecule has 0 saturated heterocycles. The van der Waals surface area contributed by atoms with Crippen molar-refractivity contribution in [2.24, 2.45) is 0 Å². The van der Waals surface area contributed by atoms with E-state index < -0.39 is 5.76 Å². The Morgan fingerprint density at radius 3 is 2.83 bits per heavy atom. The second-order valence-corrected chi connectivity index (χ2v) is 3.98. The van der Waals surface area contributed by atoms with E-state index in [4.69, 9.17) is 4.42 Å². The lowest BCUT2D eigenvalue weighted by molar-refractivity contribution is -0.121. The number of aromatic nitrogens is 1. The van der Waals surface area contributed by atoms with Crippen molar-refractivity contribution < 1.29 is 14.0 Å². The topological polar surface area (TPSA) is 92.2 Å². The van der Waals surface area contributed by atoms with Gasteiger partial charge in [0.1, 0.15) is 5.78 Å². The third-order valence-electron chi connectivity index (χ3n) is 2.41. The molecule has 2 rings (SSSR count). The number of aromatic amines is 1. The molecule has 0 atom stereocenters. The van der Waals surface area contributed by atoms with Gasteiger partial charge in [-0.1, -0.05) is 0 Å². The Labute approximate surface area is 102 Å². The maximum atomic E-state index is 11.5. The number of Topliss-reactive ketones (excluding diaryl/α,β-unsaturated/α-hetero) is 1. The van der Waals surface area contributed by atoms with Gasteiger partial charge in [-0.3, -0.25) is 9.78 Å². The Morgan fingerprint density at radius 2 is 2.11 bits per heavy atom. The number of rotatable bonds is 4. The molecule has 0 spiro atoms. The van der Waals surface area contributed by atoms with Crippen LogP contribution in [0.4, 0.5) is 5.69 Å². The van der Waals surface area contributed by atoms with Crippen molar-refractivity contribution in [1.82, 2.24) is 4.98 Å². The predicted molar refractivity (Wildman–Crippen MR) is 65.4 cm³/mol. The van der Waals surface area contributed by atoms with E-state index in [0.717, 1.165) is 0 Å².